The lowest BCUT2D eigenvalue weighted by Crippen LogP contribution is -2.43. The van der Waals surface area contributed by atoms with E-state index >= 15 is 0 Å². The highest BCUT2D eigenvalue weighted by Crippen LogP contribution is 2.45. The smallest absolute Gasteiger partial charge is 0.311 e. The lowest BCUT2D eigenvalue weighted by atomic mass is 9.65. The fourth-order valence-electron chi connectivity index (χ4n) is 5.40. The summed E-state index contributed by atoms with van der Waals surface area (Å²) < 4.78 is 11.6. The minimum absolute atomic E-state index is 0.0864. The van der Waals surface area contributed by atoms with Crippen molar-refractivity contribution in [1.82, 2.24) is 0 Å². The van der Waals surface area contributed by atoms with Gasteiger partial charge in [-0.2, -0.15) is 0 Å². The van der Waals surface area contributed by atoms with Gasteiger partial charge in [-0.1, -0.05) is 32.1 Å². The number of nitrogens with two attached hydrogens (primary N) is 1. The van der Waals surface area contributed by atoms with Crippen molar-refractivity contribution in [3.8, 4) is 0 Å². The Morgan fingerprint density at radius 2 is 2.03 bits per heavy atom. The zero-order valence-electron chi connectivity index (χ0n) is 19.4. The molecular formula is C25H39NO5. The molecule has 0 spiro atoms. The molecule has 3 N–H and O–H groups in total. The Bertz CT molecular complexity index is 727. The number of carbonyl (C=O) groups excluding carboxylic acids is 2. The molecule has 6 nitrogen and oxygen atoms in total. The van der Waals surface area contributed by atoms with Crippen molar-refractivity contribution in [2.45, 2.75) is 84.5 Å². The standard InChI is InChI=1S/C25H39NO5/c1-15-11-17-6-5-16(2)20(8-7-19-13-18(27)14-22(28)30-19)23(17)21(12-15)31-24(29)25(3,4)9-10-26/h5-6,11,15-16,18-21,23,27H,7-10,12-14,26H2,1-4H3/t15-,16-,18+,19-,20-,21-,23-/m1/s1. The van der Waals surface area contributed by atoms with Gasteiger partial charge in [0.15, 0.2) is 0 Å². The van der Waals surface area contributed by atoms with E-state index in [-0.39, 0.29) is 42.4 Å². The van der Waals surface area contributed by atoms with Gasteiger partial charge in [0, 0.05) is 12.3 Å². The number of allylic oxidation sites excluding steroid dienone is 3. The van der Waals surface area contributed by atoms with E-state index in [0.717, 1.165) is 12.8 Å². The van der Waals surface area contributed by atoms with Crippen molar-refractivity contribution in [1.29, 1.82) is 0 Å². The average Bonchev–Trinajstić information content (AvgIpc) is 2.66. The van der Waals surface area contributed by atoms with Crippen LogP contribution < -0.4 is 5.73 Å². The highest BCUT2D eigenvalue weighted by molar-refractivity contribution is 5.76. The van der Waals surface area contributed by atoms with Crippen LogP contribution >= 0.6 is 0 Å². The molecule has 0 radical (unpaired) electrons. The number of aliphatic hydroxyl groups is 1. The molecule has 0 aromatic heterocycles. The molecule has 174 valence electrons. The molecule has 0 bridgehead atoms. The Morgan fingerprint density at radius 3 is 2.71 bits per heavy atom. The van der Waals surface area contributed by atoms with Crippen LogP contribution in [-0.4, -0.2) is 41.9 Å². The topological polar surface area (TPSA) is 98.9 Å². The quantitative estimate of drug-likeness (QED) is 0.596. The van der Waals surface area contributed by atoms with Gasteiger partial charge in [0.1, 0.15) is 12.2 Å². The normalized spacial score (nSPS) is 35.7. The van der Waals surface area contributed by atoms with Gasteiger partial charge in [0.05, 0.1) is 17.9 Å². The van der Waals surface area contributed by atoms with Crippen LogP contribution in [0.25, 0.3) is 0 Å². The number of hydrogen-bond acceptors (Lipinski definition) is 6. The van der Waals surface area contributed by atoms with E-state index in [9.17, 15) is 14.7 Å². The average molecular weight is 434 g/mol. The fourth-order valence-corrected chi connectivity index (χ4v) is 5.40. The number of aliphatic hydroxyl groups excluding tert-OH is 1. The molecule has 1 heterocycles. The largest absolute Gasteiger partial charge is 0.462 e. The minimum Gasteiger partial charge on any atom is -0.462 e. The monoisotopic (exact) mass is 433 g/mol. The van der Waals surface area contributed by atoms with Gasteiger partial charge in [-0.25, -0.2) is 0 Å². The van der Waals surface area contributed by atoms with Crippen LogP contribution in [0.4, 0.5) is 0 Å². The maximum absolute atomic E-state index is 13.0. The first-order valence-corrected chi connectivity index (χ1v) is 11.8. The molecule has 2 aliphatic carbocycles. The van der Waals surface area contributed by atoms with Crippen molar-refractivity contribution < 1.29 is 24.2 Å². The van der Waals surface area contributed by atoms with Crippen molar-refractivity contribution in [3.05, 3.63) is 23.8 Å². The van der Waals surface area contributed by atoms with Crippen LogP contribution in [0.1, 0.15) is 66.2 Å². The molecule has 6 heteroatoms. The summed E-state index contributed by atoms with van der Waals surface area (Å²) in [5, 5.41) is 9.93. The van der Waals surface area contributed by atoms with Crippen LogP contribution in [-0.2, 0) is 19.1 Å². The summed E-state index contributed by atoms with van der Waals surface area (Å²) in [7, 11) is 0. The first kappa shape index (κ1) is 24.0. The number of carbonyl (C=O) groups is 2. The molecule has 3 rings (SSSR count). The molecule has 0 aromatic carbocycles. The maximum atomic E-state index is 13.0. The highest BCUT2D eigenvalue weighted by Gasteiger charge is 2.43. The number of hydrogen-bond donors (Lipinski definition) is 2. The second kappa shape index (κ2) is 9.86. The summed E-state index contributed by atoms with van der Waals surface area (Å²) in [5.74, 6) is 0.603. The van der Waals surface area contributed by atoms with E-state index in [2.05, 4.69) is 32.1 Å². The van der Waals surface area contributed by atoms with E-state index < -0.39 is 11.5 Å². The Kier molecular flexibility index (Phi) is 7.63. The number of ether oxygens (including phenoxy) is 2. The van der Waals surface area contributed by atoms with Crippen LogP contribution in [0.3, 0.4) is 0 Å². The van der Waals surface area contributed by atoms with Gasteiger partial charge < -0.3 is 20.3 Å². The van der Waals surface area contributed by atoms with Crippen LogP contribution in [0.2, 0.25) is 0 Å². The molecule has 0 amide bonds. The minimum atomic E-state index is -0.612. The number of fused-ring (bicyclic) bond motifs is 1. The summed E-state index contributed by atoms with van der Waals surface area (Å²) in [6, 6.07) is 0. The predicted molar refractivity (Wildman–Crippen MR) is 119 cm³/mol. The SMILES string of the molecule is C[C@@H]1C=C2C=C[C@@H](C)[C@@H](CC[C@@H]3C[C@H](O)CC(=O)O3)[C@@H]2[C@H](OC(=O)C(C)(C)CCN)C1. The Morgan fingerprint density at radius 1 is 1.29 bits per heavy atom. The summed E-state index contributed by atoms with van der Waals surface area (Å²) in [6.07, 6.45) is 9.27. The highest BCUT2D eigenvalue weighted by atomic mass is 16.6. The molecule has 1 aliphatic heterocycles. The fraction of sp³-hybridized carbons (Fsp3) is 0.760. The van der Waals surface area contributed by atoms with Gasteiger partial charge in [0.2, 0.25) is 0 Å². The van der Waals surface area contributed by atoms with Gasteiger partial charge in [-0.05, 0) is 69.4 Å². The van der Waals surface area contributed by atoms with Gasteiger partial charge in [0.25, 0.3) is 0 Å². The Hall–Kier alpha value is -1.66. The van der Waals surface area contributed by atoms with Crippen LogP contribution in [0.5, 0.6) is 0 Å². The molecule has 1 saturated heterocycles. The molecule has 7 atom stereocenters. The maximum Gasteiger partial charge on any atom is 0.311 e. The van der Waals surface area contributed by atoms with Crippen molar-refractivity contribution in [2.75, 3.05) is 6.54 Å². The summed E-state index contributed by atoms with van der Waals surface area (Å²) in [6.45, 7) is 8.61. The predicted octanol–water partition coefficient (Wildman–Crippen LogP) is 3.52. The third-order valence-electron chi connectivity index (χ3n) is 7.23. The van der Waals surface area contributed by atoms with Gasteiger partial charge in [-0.3, -0.25) is 9.59 Å². The molecular weight excluding hydrogens is 394 g/mol. The number of esters is 2. The van der Waals surface area contributed by atoms with E-state index in [1.807, 2.05) is 13.8 Å². The third kappa shape index (κ3) is 5.78. The Balaban J connectivity index is 1.75. The molecule has 3 aliphatic rings. The van der Waals surface area contributed by atoms with Crippen molar-refractivity contribution in [2.24, 2.45) is 34.8 Å². The van der Waals surface area contributed by atoms with Gasteiger partial charge >= 0.3 is 11.9 Å². The van der Waals surface area contributed by atoms with E-state index in [4.69, 9.17) is 15.2 Å². The first-order chi connectivity index (χ1) is 14.6. The lowest BCUT2D eigenvalue weighted by Gasteiger charge is -2.44. The summed E-state index contributed by atoms with van der Waals surface area (Å²) in [5.41, 5.74) is 6.35. The van der Waals surface area contributed by atoms with Crippen LogP contribution in [0.15, 0.2) is 23.8 Å². The molecule has 0 unspecified atom stereocenters. The third-order valence-corrected chi connectivity index (χ3v) is 7.23. The lowest BCUT2D eigenvalue weighted by molar-refractivity contribution is -0.166. The number of cyclic esters (lactones) is 1. The summed E-state index contributed by atoms with van der Waals surface area (Å²) >= 11 is 0. The first-order valence-electron chi connectivity index (χ1n) is 11.8. The second-order valence-electron chi connectivity index (χ2n) is 10.4. The zero-order valence-corrected chi connectivity index (χ0v) is 19.4. The Labute approximate surface area is 186 Å². The molecule has 0 saturated carbocycles. The van der Waals surface area contributed by atoms with E-state index in [1.54, 1.807) is 0 Å². The molecule has 0 aromatic rings. The van der Waals surface area contributed by atoms with Crippen molar-refractivity contribution >= 4 is 11.9 Å². The molecule has 31 heavy (non-hydrogen) atoms. The second-order valence-corrected chi connectivity index (χ2v) is 10.4. The van der Waals surface area contributed by atoms with Crippen molar-refractivity contribution in [3.63, 3.8) is 0 Å². The number of rotatable bonds is 7. The van der Waals surface area contributed by atoms with E-state index in [0.29, 0.717) is 37.6 Å². The van der Waals surface area contributed by atoms with E-state index in [1.165, 1.54) is 5.57 Å². The summed E-state index contributed by atoms with van der Waals surface area (Å²) in [4.78, 5) is 24.7. The van der Waals surface area contributed by atoms with Gasteiger partial charge in [-0.15, -0.1) is 0 Å². The molecule has 1 fully saturated rings. The zero-order chi connectivity index (χ0) is 22.8. The van der Waals surface area contributed by atoms with Crippen LogP contribution in [0, 0.1) is 29.1 Å².